The van der Waals surface area contributed by atoms with Gasteiger partial charge in [-0.3, -0.25) is 9.20 Å². The molecule has 0 aliphatic heterocycles. The van der Waals surface area contributed by atoms with Crippen LogP contribution in [0.2, 0.25) is 0 Å². The molecule has 0 aliphatic rings. The molecule has 0 N–H and O–H groups in total. The van der Waals surface area contributed by atoms with E-state index in [4.69, 9.17) is 0 Å². The summed E-state index contributed by atoms with van der Waals surface area (Å²) < 4.78 is 2.82. The summed E-state index contributed by atoms with van der Waals surface area (Å²) in [7, 11) is 0. The molecular formula is C14H10BrN3O. The van der Waals surface area contributed by atoms with Gasteiger partial charge >= 0.3 is 0 Å². The molecule has 0 spiro atoms. The highest BCUT2D eigenvalue weighted by molar-refractivity contribution is 9.10. The summed E-state index contributed by atoms with van der Waals surface area (Å²) in [5.41, 5.74) is 2.38. The van der Waals surface area contributed by atoms with Crippen LogP contribution in [0.1, 0.15) is 21.9 Å². The number of aldehydes is 1. The Morgan fingerprint density at radius 1 is 1.11 bits per heavy atom. The smallest absolute Gasteiger partial charge is 0.166 e. The number of aromatic nitrogens is 3. The molecule has 3 rings (SSSR count). The highest BCUT2D eigenvalue weighted by atomic mass is 79.9. The highest BCUT2D eigenvalue weighted by Crippen LogP contribution is 2.15. The number of fused-ring (bicyclic) bond motifs is 1. The fourth-order valence-electron chi connectivity index (χ4n) is 2.02. The van der Waals surface area contributed by atoms with Gasteiger partial charge in [-0.2, -0.15) is 0 Å². The molecule has 0 unspecified atom stereocenters. The number of carbonyl (C=O) groups excluding carboxylic acids is 1. The Labute approximate surface area is 118 Å². The first-order valence-corrected chi connectivity index (χ1v) is 6.60. The summed E-state index contributed by atoms with van der Waals surface area (Å²) in [6.07, 6.45) is 1.46. The Balaban J connectivity index is 2.05. The number of carbonyl (C=O) groups is 1. The lowest BCUT2D eigenvalue weighted by molar-refractivity contribution is 0.111. The molecule has 0 radical (unpaired) electrons. The van der Waals surface area contributed by atoms with Crippen molar-refractivity contribution in [1.82, 2.24) is 14.6 Å². The van der Waals surface area contributed by atoms with Crippen molar-refractivity contribution in [2.24, 2.45) is 0 Å². The van der Waals surface area contributed by atoms with E-state index in [1.807, 2.05) is 30.3 Å². The first kappa shape index (κ1) is 12.0. The van der Waals surface area contributed by atoms with E-state index in [2.05, 4.69) is 26.1 Å². The van der Waals surface area contributed by atoms with Crippen molar-refractivity contribution in [1.29, 1.82) is 0 Å². The van der Waals surface area contributed by atoms with E-state index < -0.39 is 0 Å². The van der Waals surface area contributed by atoms with Gasteiger partial charge in [0.05, 0.1) is 5.69 Å². The summed E-state index contributed by atoms with van der Waals surface area (Å²) in [5, 5.41) is 8.25. The molecule has 0 fully saturated rings. The first-order valence-electron chi connectivity index (χ1n) is 5.80. The second kappa shape index (κ2) is 4.93. The van der Waals surface area contributed by atoms with Gasteiger partial charge in [0.1, 0.15) is 5.82 Å². The Kier molecular flexibility index (Phi) is 3.13. The SMILES string of the molecule is O=Cc1cccc2nnc(Cc3ccc(Br)cc3)n12. The van der Waals surface area contributed by atoms with E-state index in [0.717, 1.165) is 22.1 Å². The van der Waals surface area contributed by atoms with Gasteiger partial charge in [-0.15, -0.1) is 10.2 Å². The van der Waals surface area contributed by atoms with Crippen molar-refractivity contribution < 1.29 is 4.79 Å². The topological polar surface area (TPSA) is 47.3 Å². The third-order valence-electron chi connectivity index (χ3n) is 2.92. The summed E-state index contributed by atoms with van der Waals surface area (Å²) in [5.74, 6) is 0.764. The second-order valence-electron chi connectivity index (χ2n) is 4.18. The van der Waals surface area contributed by atoms with Crippen LogP contribution in [0, 0.1) is 0 Å². The number of halogens is 1. The maximum atomic E-state index is 11.1. The highest BCUT2D eigenvalue weighted by Gasteiger charge is 2.09. The van der Waals surface area contributed by atoms with Crippen LogP contribution in [0.15, 0.2) is 46.9 Å². The molecule has 0 atom stereocenters. The molecule has 0 aliphatic carbocycles. The summed E-state index contributed by atoms with van der Waals surface area (Å²) in [6.45, 7) is 0. The number of pyridine rings is 1. The van der Waals surface area contributed by atoms with Crippen LogP contribution in [-0.2, 0) is 6.42 Å². The summed E-state index contributed by atoms with van der Waals surface area (Å²) >= 11 is 3.41. The minimum atomic E-state index is 0.564. The molecule has 19 heavy (non-hydrogen) atoms. The molecule has 2 heterocycles. The van der Waals surface area contributed by atoms with Gasteiger partial charge in [0.25, 0.3) is 0 Å². The standard InChI is InChI=1S/C14H10BrN3O/c15-11-6-4-10(5-7-11)8-14-17-16-13-3-1-2-12(9-19)18(13)14/h1-7,9H,8H2. The predicted molar refractivity (Wildman–Crippen MR) is 75.3 cm³/mol. The molecule has 4 nitrogen and oxygen atoms in total. The predicted octanol–water partition coefficient (Wildman–Crippen LogP) is 2.90. The van der Waals surface area contributed by atoms with Crippen molar-refractivity contribution in [3.8, 4) is 0 Å². The van der Waals surface area contributed by atoms with Crippen LogP contribution in [0.5, 0.6) is 0 Å². The monoisotopic (exact) mass is 315 g/mol. The van der Waals surface area contributed by atoms with Gasteiger partial charge in [0.15, 0.2) is 11.9 Å². The average molecular weight is 316 g/mol. The molecule has 3 aromatic rings. The Morgan fingerprint density at radius 3 is 2.63 bits per heavy atom. The lowest BCUT2D eigenvalue weighted by atomic mass is 10.1. The van der Waals surface area contributed by atoms with Crippen molar-refractivity contribution in [2.45, 2.75) is 6.42 Å². The molecule has 5 heteroatoms. The largest absolute Gasteiger partial charge is 0.296 e. The minimum Gasteiger partial charge on any atom is -0.296 e. The van der Waals surface area contributed by atoms with Gasteiger partial charge in [-0.05, 0) is 29.8 Å². The van der Waals surface area contributed by atoms with Gasteiger partial charge in [0, 0.05) is 10.9 Å². The fourth-order valence-corrected chi connectivity index (χ4v) is 2.28. The molecule has 0 saturated heterocycles. The van der Waals surface area contributed by atoms with Crippen LogP contribution in [0.3, 0.4) is 0 Å². The molecule has 0 bridgehead atoms. The molecule has 94 valence electrons. The number of rotatable bonds is 3. The normalized spacial score (nSPS) is 10.8. The van der Waals surface area contributed by atoms with Crippen molar-refractivity contribution in [3.05, 3.63) is 64.0 Å². The Bertz CT molecular complexity index is 734. The summed E-state index contributed by atoms with van der Waals surface area (Å²) in [4.78, 5) is 11.1. The Hall–Kier alpha value is -2.01. The second-order valence-corrected chi connectivity index (χ2v) is 5.10. The van der Waals surface area contributed by atoms with Crippen molar-refractivity contribution in [2.75, 3.05) is 0 Å². The van der Waals surface area contributed by atoms with Crippen molar-refractivity contribution in [3.63, 3.8) is 0 Å². The molecular weight excluding hydrogens is 306 g/mol. The quantitative estimate of drug-likeness (QED) is 0.698. The maximum absolute atomic E-state index is 11.1. The number of hydrogen-bond acceptors (Lipinski definition) is 3. The molecule has 2 aromatic heterocycles. The van der Waals surface area contributed by atoms with Gasteiger partial charge < -0.3 is 0 Å². The Morgan fingerprint density at radius 2 is 1.89 bits per heavy atom. The van der Waals surface area contributed by atoms with Gasteiger partial charge in [-0.25, -0.2) is 0 Å². The molecule has 1 aromatic carbocycles. The van der Waals surface area contributed by atoms with Gasteiger partial charge in [-0.1, -0.05) is 34.1 Å². The number of benzene rings is 1. The van der Waals surface area contributed by atoms with Gasteiger partial charge in [0.2, 0.25) is 0 Å². The molecule has 0 amide bonds. The molecule has 0 saturated carbocycles. The lowest BCUT2D eigenvalue weighted by Gasteiger charge is -2.03. The van der Waals surface area contributed by atoms with Crippen LogP contribution in [0.25, 0.3) is 5.65 Å². The van der Waals surface area contributed by atoms with E-state index >= 15 is 0 Å². The maximum Gasteiger partial charge on any atom is 0.166 e. The fraction of sp³-hybridized carbons (Fsp3) is 0.0714. The van der Waals surface area contributed by atoms with E-state index in [9.17, 15) is 4.79 Å². The van der Waals surface area contributed by atoms with Crippen LogP contribution >= 0.6 is 15.9 Å². The van der Waals surface area contributed by atoms with E-state index in [1.54, 1.807) is 16.5 Å². The van der Waals surface area contributed by atoms with E-state index in [-0.39, 0.29) is 0 Å². The van der Waals surface area contributed by atoms with Crippen LogP contribution < -0.4 is 0 Å². The zero-order chi connectivity index (χ0) is 13.2. The zero-order valence-electron chi connectivity index (χ0n) is 9.95. The number of hydrogen-bond donors (Lipinski definition) is 0. The van der Waals surface area contributed by atoms with E-state index in [1.165, 1.54) is 0 Å². The lowest BCUT2D eigenvalue weighted by Crippen LogP contribution is -2.01. The van der Waals surface area contributed by atoms with Crippen molar-refractivity contribution >= 4 is 27.9 Å². The van der Waals surface area contributed by atoms with E-state index in [0.29, 0.717) is 17.8 Å². The van der Waals surface area contributed by atoms with Crippen LogP contribution in [-0.4, -0.2) is 20.9 Å². The summed E-state index contributed by atoms with van der Waals surface area (Å²) in [6, 6.07) is 13.4. The third-order valence-corrected chi connectivity index (χ3v) is 3.45. The average Bonchev–Trinajstić information content (AvgIpc) is 2.85. The first-order chi connectivity index (χ1) is 9.28. The number of nitrogens with zero attached hydrogens (tertiary/aromatic N) is 3. The van der Waals surface area contributed by atoms with Crippen LogP contribution in [0.4, 0.5) is 0 Å². The zero-order valence-corrected chi connectivity index (χ0v) is 11.5. The minimum absolute atomic E-state index is 0.564. The third kappa shape index (κ3) is 2.29.